The number of hydrogen-bond acceptors (Lipinski definition) is 10. The molecule has 0 saturated carbocycles. The van der Waals surface area contributed by atoms with Gasteiger partial charge in [-0.3, -0.25) is 23.4 Å². The summed E-state index contributed by atoms with van der Waals surface area (Å²) in [4.78, 5) is 48.5. The zero-order valence-electron chi connectivity index (χ0n) is 47.0. The van der Waals surface area contributed by atoms with Crippen molar-refractivity contribution in [3.8, 4) is 0 Å². The maximum Gasteiger partial charge on any atom is 0.472 e. The Labute approximate surface area is 451 Å². The van der Waals surface area contributed by atoms with E-state index in [-0.39, 0.29) is 25.9 Å². The lowest BCUT2D eigenvalue weighted by Crippen LogP contribution is -2.30. The predicted octanol–water partition coefficient (Wildman–Crippen LogP) is 17.5. The molecule has 0 rings (SSSR count). The molecular weight excluding hydrogens is 952 g/mol. The van der Waals surface area contributed by atoms with Crippen LogP contribution in [0.5, 0.6) is 0 Å². The molecule has 11 nitrogen and oxygen atoms in total. The van der Waals surface area contributed by atoms with E-state index in [0.29, 0.717) is 19.3 Å². The fourth-order valence-electron chi connectivity index (χ4n) is 7.83. The summed E-state index contributed by atoms with van der Waals surface area (Å²) >= 11 is 0. The van der Waals surface area contributed by atoms with Gasteiger partial charge >= 0.3 is 25.7 Å². The molecule has 0 aromatic carbocycles. The predicted molar refractivity (Wildman–Crippen MR) is 307 cm³/mol. The molecule has 0 bridgehead atoms. The van der Waals surface area contributed by atoms with Crippen molar-refractivity contribution in [3.05, 3.63) is 85.1 Å². The summed E-state index contributed by atoms with van der Waals surface area (Å²) in [5, 5.41) is 9.79. The number of unbranched alkanes of at least 4 members (excludes halogenated alkanes) is 24. The highest BCUT2D eigenvalue weighted by Crippen LogP contribution is 2.43. The van der Waals surface area contributed by atoms with Gasteiger partial charge in [-0.1, -0.05) is 221 Å². The molecule has 0 radical (unpaired) electrons. The van der Waals surface area contributed by atoms with Crippen LogP contribution in [0.3, 0.4) is 0 Å². The molecule has 3 atom stereocenters. The summed E-state index contributed by atoms with van der Waals surface area (Å²) in [6, 6.07) is 0. The average Bonchev–Trinajstić information content (AvgIpc) is 3.39. The molecular formula is C62H107O11P. The van der Waals surface area contributed by atoms with Gasteiger partial charge in [0.1, 0.15) is 12.7 Å². The smallest absolute Gasteiger partial charge is 0.462 e. The van der Waals surface area contributed by atoms with Crippen LogP contribution >= 0.6 is 7.82 Å². The maximum absolute atomic E-state index is 12.9. The Bertz CT molecular complexity index is 1560. The van der Waals surface area contributed by atoms with E-state index in [9.17, 15) is 28.9 Å². The zero-order valence-corrected chi connectivity index (χ0v) is 47.9. The van der Waals surface area contributed by atoms with Gasteiger partial charge in [-0.25, -0.2) is 4.57 Å². The lowest BCUT2D eigenvalue weighted by Gasteiger charge is -2.21. The first-order valence-corrected chi connectivity index (χ1v) is 31.0. The number of aliphatic hydroxyl groups is 1. The summed E-state index contributed by atoms with van der Waals surface area (Å²) in [6.45, 7) is 4.41. The molecule has 426 valence electrons. The standard InChI is InChI=1S/C62H107O11P/c1-4-7-10-13-16-19-22-25-28-29-32-35-38-41-44-47-50-53-62(66)73-59(55-69-60(64)51-48-45-42-39-36-33-30-26-23-20-17-14-11-8-5-2)57-71-74(67,68)70-56-58(54-63)72-61(65)52-49-46-43-40-37-34-31-27-24-21-18-15-12-9-6-3/h9,12,18,21,25-28,30-31,37,40,46,49,58-59,63H,4-8,10-11,13-17,19-20,22-24,29,32-36,38-39,41-45,47-48,50-57H2,1-3H3,(H,67,68)/b12-9-,21-18-,28-25-,30-26-,31-27-,40-37-,49-46-. The molecule has 0 aromatic heterocycles. The van der Waals surface area contributed by atoms with Crippen molar-refractivity contribution in [1.29, 1.82) is 0 Å². The quantitative estimate of drug-likeness (QED) is 0.0197. The maximum atomic E-state index is 12.9. The van der Waals surface area contributed by atoms with Crippen molar-refractivity contribution in [2.24, 2.45) is 0 Å². The molecule has 0 saturated heterocycles. The first-order valence-electron chi connectivity index (χ1n) is 29.5. The van der Waals surface area contributed by atoms with Crippen molar-refractivity contribution in [1.82, 2.24) is 0 Å². The number of phosphoric ester groups is 1. The van der Waals surface area contributed by atoms with Crippen LogP contribution < -0.4 is 0 Å². The van der Waals surface area contributed by atoms with Crippen LogP contribution in [-0.4, -0.2) is 66.5 Å². The van der Waals surface area contributed by atoms with E-state index >= 15 is 0 Å². The molecule has 0 aliphatic heterocycles. The van der Waals surface area contributed by atoms with E-state index in [0.717, 1.165) is 96.3 Å². The highest BCUT2D eigenvalue weighted by Gasteiger charge is 2.28. The molecule has 0 aromatic rings. The third kappa shape index (κ3) is 53.5. The number of carbonyl (C=O) groups is 3. The fraction of sp³-hybridized carbons (Fsp3) is 0.726. The van der Waals surface area contributed by atoms with E-state index in [1.807, 2.05) is 18.2 Å². The van der Waals surface area contributed by atoms with Gasteiger partial charge < -0.3 is 24.2 Å². The molecule has 12 heteroatoms. The van der Waals surface area contributed by atoms with E-state index in [1.54, 1.807) is 6.08 Å². The van der Waals surface area contributed by atoms with Gasteiger partial charge in [-0.15, -0.1) is 0 Å². The summed E-state index contributed by atoms with van der Waals surface area (Å²) in [7, 11) is -4.78. The molecule has 0 aliphatic carbocycles. The topological polar surface area (TPSA) is 155 Å². The number of rotatable bonds is 54. The number of ether oxygens (including phenoxy) is 3. The minimum absolute atomic E-state index is 0.0577. The molecule has 0 fully saturated rings. The van der Waals surface area contributed by atoms with Gasteiger partial charge in [-0.05, 0) is 96.3 Å². The van der Waals surface area contributed by atoms with Crippen LogP contribution in [0.2, 0.25) is 0 Å². The van der Waals surface area contributed by atoms with Crippen LogP contribution in [0.1, 0.15) is 252 Å². The second kappa shape index (κ2) is 55.9. The van der Waals surface area contributed by atoms with Gasteiger partial charge in [-0.2, -0.15) is 0 Å². The molecule has 0 aliphatic rings. The van der Waals surface area contributed by atoms with Crippen LogP contribution in [0.15, 0.2) is 85.1 Å². The van der Waals surface area contributed by atoms with Crippen molar-refractivity contribution in [3.63, 3.8) is 0 Å². The Balaban J connectivity index is 4.82. The Morgan fingerprint density at radius 3 is 1.18 bits per heavy atom. The monoisotopic (exact) mass is 1060 g/mol. The highest BCUT2D eigenvalue weighted by atomic mass is 31.2. The van der Waals surface area contributed by atoms with Crippen molar-refractivity contribution in [2.75, 3.05) is 26.4 Å². The molecule has 3 unspecified atom stereocenters. The van der Waals surface area contributed by atoms with Crippen molar-refractivity contribution >= 4 is 25.7 Å². The van der Waals surface area contributed by atoms with E-state index < -0.39 is 57.8 Å². The number of allylic oxidation sites excluding steroid dienone is 13. The minimum Gasteiger partial charge on any atom is -0.462 e. The summed E-state index contributed by atoms with van der Waals surface area (Å²) < 4.78 is 39.4. The van der Waals surface area contributed by atoms with Crippen molar-refractivity contribution < 1.29 is 52.2 Å². The lowest BCUT2D eigenvalue weighted by atomic mass is 10.1. The lowest BCUT2D eigenvalue weighted by molar-refractivity contribution is -0.161. The minimum atomic E-state index is -4.78. The van der Waals surface area contributed by atoms with Crippen LogP contribution in [0, 0.1) is 0 Å². The molecule has 0 amide bonds. The summed E-state index contributed by atoms with van der Waals surface area (Å²) in [5.41, 5.74) is 0. The first-order chi connectivity index (χ1) is 36.2. The Kier molecular flexibility index (Phi) is 53.4. The third-order valence-electron chi connectivity index (χ3n) is 12.3. The van der Waals surface area contributed by atoms with Gasteiger partial charge in [0.15, 0.2) is 6.10 Å². The van der Waals surface area contributed by atoms with E-state index in [4.69, 9.17) is 23.3 Å². The Morgan fingerprint density at radius 1 is 0.405 bits per heavy atom. The first kappa shape index (κ1) is 70.7. The second-order valence-electron chi connectivity index (χ2n) is 19.4. The normalized spacial score (nSPS) is 14.0. The van der Waals surface area contributed by atoms with Crippen molar-refractivity contribution in [2.45, 2.75) is 264 Å². The zero-order chi connectivity index (χ0) is 54.1. The van der Waals surface area contributed by atoms with Crippen LogP contribution in [0.25, 0.3) is 0 Å². The van der Waals surface area contributed by atoms with E-state index in [1.165, 1.54) is 96.3 Å². The number of aliphatic hydroxyl groups excluding tert-OH is 1. The second-order valence-corrected chi connectivity index (χ2v) is 20.9. The average molecular weight is 1060 g/mol. The highest BCUT2D eigenvalue weighted by molar-refractivity contribution is 7.47. The molecule has 0 heterocycles. The number of hydrogen-bond donors (Lipinski definition) is 2. The SMILES string of the molecule is CC/C=C\C/C=C\C/C=C\C/C=C\C/C=C\CC(=O)OC(CO)COP(=O)(O)OCC(COC(=O)CCCCCCC/C=C\CCCCCCCC)OC(=O)CCCCCCCCC/C=C\CCCCCCCC. The summed E-state index contributed by atoms with van der Waals surface area (Å²) in [5.74, 6) is -1.61. The molecule has 0 spiro atoms. The van der Waals surface area contributed by atoms with E-state index in [2.05, 4.69) is 81.5 Å². The number of phosphoric acid groups is 1. The Hall–Kier alpha value is -3.34. The molecule has 2 N–H and O–H groups in total. The molecule has 74 heavy (non-hydrogen) atoms. The largest absolute Gasteiger partial charge is 0.472 e. The van der Waals surface area contributed by atoms with Gasteiger partial charge in [0.2, 0.25) is 0 Å². The van der Waals surface area contributed by atoms with Crippen LogP contribution in [0.4, 0.5) is 0 Å². The van der Waals surface area contributed by atoms with Gasteiger partial charge in [0.05, 0.1) is 26.2 Å². The van der Waals surface area contributed by atoms with Gasteiger partial charge in [0.25, 0.3) is 0 Å². The van der Waals surface area contributed by atoms with Gasteiger partial charge in [0, 0.05) is 12.8 Å². The number of esters is 3. The third-order valence-corrected chi connectivity index (χ3v) is 13.3. The number of carbonyl (C=O) groups excluding carboxylic acids is 3. The Morgan fingerprint density at radius 2 is 0.757 bits per heavy atom. The fourth-order valence-corrected chi connectivity index (χ4v) is 8.62. The summed E-state index contributed by atoms with van der Waals surface area (Å²) in [6.07, 6.45) is 64.2. The van der Waals surface area contributed by atoms with Crippen LogP contribution in [-0.2, 0) is 42.2 Å².